The van der Waals surface area contributed by atoms with E-state index in [1.54, 1.807) is 25.1 Å². The maximum Gasteiger partial charge on any atom is 0.244 e. The van der Waals surface area contributed by atoms with Crippen LogP contribution in [-0.2, 0) is 14.8 Å². The topological polar surface area (TPSA) is 66.5 Å². The van der Waals surface area contributed by atoms with Crippen molar-refractivity contribution < 1.29 is 13.2 Å². The summed E-state index contributed by atoms with van der Waals surface area (Å²) in [6, 6.07) is 11.3. The molecule has 0 unspecified atom stereocenters. The molecule has 2 aromatic carbocycles. The van der Waals surface area contributed by atoms with Gasteiger partial charge >= 0.3 is 0 Å². The van der Waals surface area contributed by atoms with Crippen molar-refractivity contribution >= 4 is 33.2 Å². The van der Waals surface area contributed by atoms with Gasteiger partial charge in [0.15, 0.2) is 0 Å². The zero-order valence-corrected chi connectivity index (χ0v) is 17.7. The SMILES string of the molecule is Cc1ccc(C)c([C@@H](C)NC(=O)[C@@H](C)N(c2cccc(Cl)c2)S(C)(=O)=O)c1. The summed E-state index contributed by atoms with van der Waals surface area (Å²) in [4.78, 5) is 12.8. The number of aryl methyl sites for hydroxylation is 2. The first-order valence-corrected chi connectivity index (χ1v) is 10.9. The largest absolute Gasteiger partial charge is 0.348 e. The minimum Gasteiger partial charge on any atom is -0.348 e. The number of carbonyl (C=O) groups is 1. The Morgan fingerprint density at radius 1 is 1.11 bits per heavy atom. The minimum atomic E-state index is -3.68. The molecule has 0 aliphatic rings. The molecular weight excluding hydrogens is 384 g/mol. The predicted molar refractivity (Wildman–Crippen MR) is 111 cm³/mol. The number of anilines is 1. The molecule has 2 aromatic rings. The molecule has 0 fully saturated rings. The summed E-state index contributed by atoms with van der Waals surface area (Å²) in [6.45, 7) is 7.42. The van der Waals surface area contributed by atoms with Crippen molar-refractivity contribution in [1.29, 1.82) is 0 Å². The molecule has 5 nitrogen and oxygen atoms in total. The van der Waals surface area contributed by atoms with Gasteiger partial charge in [0.25, 0.3) is 0 Å². The van der Waals surface area contributed by atoms with Crippen molar-refractivity contribution in [2.24, 2.45) is 0 Å². The van der Waals surface area contributed by atoms with Crippen molar-refractivity contribution in [2.75, 3.05) is 10.6 Å². The van der Waals surface area contributed by atoms with Gasteiger partial charge in [-0.15, -0.1) is 0 Å². The lowest BCUT2D eigenvalue weighted by Gasteiger charge is -2.29. The average Bonchev–Trinajstić information content (AvgIpc) is 2.55. The van der Waals surface area contributed by atoms with Crippen molar-refractivity contribution in [3.63, 3.8) is 0 Å². The zero-order valence-electron chi connectivity index (χ0n) is 16.2. The van der Waals surface area contributed by atoms with Crippen LogP contribution in [0.1, 0.15) is 36.6 Å². The van der Waals surface area contributed by atoms with Crippen molar-refractivity contribution in [3.8, 4) is 0 Å². The highest BCUT2D eigenvalue weighted by molar-refractivity contribution is 7.92. The van der Waals surface area contributed by atoms with E-state index in [4.69, 9.17) is 11.6 Å². The molecule has 0 aliphatic heterocycles. The molecule has 1 amide bonds. The summed E-state index contributed by atoms with van der Waals surface area (Å²) in [7, 11) is -3.68. The van der Waals surface area contributed by atoms with Crippen LogP contribution in [0.4, 0.5) is 5.69 Å². The maximum absolute atomic E-state index is 12.8. The second-order valence-corrected chi connectivity index (χ2v) is 9.10. The Hall–Kier alpha value is -2.05. The molecule has 146 valence electrons. The summed E-state index contributed by atoms with van der Waals surface area (Å²) >= 11 is 6.00. The lowest BCUT2D eigenvalue weighted by Crippen LogP contribution is -2.48. The standard InChI is InChI=1S/C20H25ClN2O3S/c1-13-9-10-14(2)19(11-13)15(3)22-20(24)16(4)23(27(5,25)26)18-8-6-7-17(21)12-18/h6-12,15-16H,1-5H3,(H,22,24)/t15-,16-/m1/s1. The fraction of sp³-hybridized carbons (Fsp3) is 0.350. The van der Waals surface area contributed by atoms with Crippen LogP contribution in [0.5, 0.6) is 0 Å². The number of hydrogen-bond acceptors (Lipinski definition) is 3. The molecule has 0 bridgehead atoms. The Labute approximate surface area is 166 Å². The van der Waals surface area contributed by atoms with Gasteiger partial charge in [0, 0.05) is 5.02 Å². The first kappa shape index (κ1) is 21.3. The third kappa shape index (κ3) is 5.23. The number of carbonyl (C=O) groups excluding carboxylic acids is 1. The van der Waals surface area contributed by atoms with Crippen molar-refractivity contribution in [2.45, 2.75) is 39.8 Å². The molecule has 0 heterocycles. The predicted octanol–water partition coefficient (Wildman–Crippen LogP) is 3.99. The number of benzene rings is 2. The van der Waals surface area contributed by atoms with Crippen LogP contribution in [0, 0.1) is 13.8 Å². The summed E-state index contributed by atoms with van der Waals surface area (Å²) in [5.74, 6) is -0.381. The molecule has 0 saturated carbocycles. The van der Waals surface area contributed by atoms with E-state index < -0.39 is 16.1 Å². The molecule has 2 atom stereocenters. The van der Waals surface area contributed by atoms with Gasteiger partial charge in [-0.2, -0.15) is 0 Å². The van der Waals surface area contributed by atoms with Crippen LogP contribution in [-0.4, -0.2) is 26.6 Å². The third-order valence-corrected chi connectivity index (χ3v) is 5.89. The quantitative estimate of drug-likeness (QED) is 0.785. The summed E-state index contributed by atoms with van der Waals surface area (Å²) in [6.07, 6.45) is 1.08. The van der Waals surface area contributed by atoms with E-state index in [1.165, 1.54) is 6.07 Å². The summed E-state index contributed by atoms with van der Waals surface area (Å²) in [5, 5.41) is 3.32. The highest BCUT2D eigenvalue weighted by Gasteiger charge is 2.30. The highest BCUT2D eigenvalue weighted by atomic mass is 35.5. The van der Waals surface area contributed by atoms with Gasteiger partial charge in [-0.25, -0.2) is 8.42 Å². The Morgan fingerprint density at radius 2 is 1.78 bits per heavy atom. The first-order chi connectivity index (χ1) is 12.5. The van der Waals surface area contributed by atoms with Gasteiger partial charge in [0.05, 0.1) is 18.0 Å². The van der Waals surface area contributed by atoms with Crippen LogP contribution < -0.4 is 9.62 Å². The van der Waals surface area contributed by atoms with E-state index >= 15 is 0 Å². The Balaban J connectivity index is 2.28. The second kappa shape index (κ2) is 8.31. The Kier molecular flexibility index (Phi) is 6.54. The number of hydrogen-bond donors (Lipinski definition) is 1. The Bertz CT molecular complexity index is 944. The smallest absolute Gasteiger partial charge is 0.244 e. The average molecular weight is 409 g/mol. The van der Waals surface area contributed by atoms with Crippen LogP contribution >= 0.6 is 11.6 Å². The highest BCUT2D eigenvalue weighted by Crippen LogP contribution is 2.25. The van der Waals surface area contributed by atoms with E-state index in [-0.39, 0.29) is 11.9 Å². The van der Waals surface area contributed by atoms with E-state index in [0.717, 1.165) is 27.3 Å². The van der Waals surface area contributed by atoms with Gasteiger partial charge in [0.1, 0.15) is 6.04 Å². The van der Waals surface area contributed by atoms with Gasteiger partial charge < -0.3 is 5.32 Å². The fourth-order valence-corrected chi connectivity index (χ4v) is 4.41. The molecule has 0 spiro atoms. The summed E-state index contributed by atoms with van der Waals surface area (Å²) < 4.78 is 25.8. The molecular formula is C20H25ClN2O3S. The van der Waals surface area contributed by atoms with Crippen LogP contribution in [0.15, 0.2) is 42.5 Å². The molecule has 1 N–H and O–H groups in total. The fourth-order valence-electron chi connectivity index (χ4n) is 3.06. The van der Waals surface area contributed by atoms with Crippen molar-refractivity contribution in [3.05, 3.63) is 64.2 Å². The molecule has 27 heavy (non-hydrogen) atoms. The molecule has 7 heteroatoms. The van der Waals surface area contributed by atoms with Crippen LogP contribution in [0.25, 0.3) is 0 Å². The van der Waals surface area contributed by atoms with Crippen LogP contribution in [0.3, 0.4) is 0 Å². The van der Waals surface area contributed by atoms with E-state index in [0.29, 0.717) is 10.7 Å². The number of amides is 1. The van der Waals surface area contributed by atoms with E-state index in [2.05, 4.69) is 5.32 Å². The van der Waals surface area contributed by atoms with Gasteiger partial charge in [-0.3, -0.25) is 9.10 Å². The van der Waals surface area contributed by atoms with Gasteiger partial charge in [0.2, 0.25) is 15.9 Å². The number of sulfonamides is 1. The van der Waals surface area contributed by atoms with Gasteiger partial charge in [-0.05, 0) is 57.0 Å². The normalized spacial score (nSPS) is 13.7. The minimum absolute atomic E-state index is 0.249. The third-order valence-electron chi connectivity index (χ3n) is 4.41. The molecule has 0 aromatic heterocycles. The van der Waals surface area contributed by atoms with E-state index in [9.17, 15) is 13.2 Å². The molecule has 0 aliphatic carbocycles. The molecule has 0 saturated heterocycles. The lowest BCUT2D eigenvalue weighted by molar-refractivity contribution is -0.122. The summed E-state index contributed by atoms with van der Waals surface area (Å²) in [5.41, 5.74) is 3.52. The Morgan fingerprint density at radius 3 is 2.37 bits per heavy atom. The van der Waals surface area contributed by atoms with Gasteiger partial charge in [-0.1, -0.05) is 41.4 Å². The first-order valence-electron chi connectivity index (χ1n) is 8.63. The second-order valence-electron chi connectivity index (χ2n) is 6.80. The number of halogens is 1. The number of rotatable bonds is 6. The number of nitrogens with zero attached hydrogens (tertiary/aromatic N) is 1. The monoisotopic (exact) mass is 408 g/mol. The molecule has 2 rings (SSSR count). The van der Waals surface area contributed by atoms with Crippen molar-refractivity contribution in [1.82, 2.24) is 5.32 Å². The zero-order chi connectivity index (χ0) is 20.4. The maximum atomic E-state index is 12.8. The molecule has 0 radical (unpaired) electrons. The number of nitrogens with one attached hydrogen (secondary N) is 1. The van der Waals surface area contributed by atoms with Crippen LogP contribution in [0.2, 0.25) is 5.02 Å². The lowest BCUT2D eigenvalue weighted by atomic mass is 10.00. The van der Waals surface area contributed by atoms with E-state index in [1.807, 2.05) is 39.0 Å².